The Kier molecular flexibility index (Phi) is 4.60. The highest BCUT2D eigenvalue weighted by Gasteiger charge is 2.23. The van der Waals surface area contributed by atoms with Gasteiger partial charge < -0.3 is 10.0 Å². The molecule has 118 valence electrons. The first kappa shape index (κ1) is 15.5. The summed E-state index contributed by atoms with van der Waals surface area (Å²) >= 11 is 6.31. The SMILES string of the molecule is O=C(c1nn2ccccc2c1Cl)N(CCO)Cc1ccccc1. The van der Waals surface area contributed by atoms with E-state index in [-0.39, 0.29) is 24.8 Å². The highest BCUT2D eigenvalue weighted by atomic mass is 35.5. The summed E-state index contributed by atoms with van der Waals surface area (Å²) in [5.41, 5.74) is 1.86. The largest absolute Gasteiger partial charge is 0.395 e. The van der Waals surface area contributed by atoms with Crippen molar-refractivity contribution in [2.75, 3.05) is 13.2 Å². The molecule has 3 aromatic rings. The van der Waals surface area contributed by atoms with Crippen LogP contribution in [0.15, 0.2) is 54.7 Å². The Morgan fingerprint density at radius 2 is 1.91 bits per heavy atom. The molecule has 5 nitrogen and oxygen atoms in total. The molecule has 0 saturated heterocycles. The van der Waals surface area contributed by atoms with E-state index in [0.717, 1.165) is 5.56 Å². The van der Waals surface area contributed by atoms with Gasteiger partial charge in [-0.2, -0.15) is 5.10 Å². The van der Waals surface area contributed by atoms with E-state index in [0.29, 0.717) is 17.1 Å². The maximum atomic E-state index is 12.8. The van der Waals surface area contributed by atoms with E-state index in [2.05, 4.69) is 5.10 Å². The van der Waals surface area contributed by atoms with Crippen LogP contribution in [0.4, 0.5) is 0 Å². The van der Waals surface area contributed by atoms with Crippen molar-refractivity contribution in [1.82, 2.24) is 14.5 Å². The predicted molar refractivity (Wildman–Crippen MR) is 88.5 cm³/mol. The molecule has 0 bridgehead atoms. The summed E-state index contributed by atoms with van der Waals surface area (Å²) in [6, 6.07) is 15.1. The van der Waals surface area contributed by atoms with Gasteiger partial charge in [0, 0.05) is 19.3 Å². The number of carbonyl (C=O) groups is 1. The lowest BCUT2D eigenvalue weighted by molar-refractivity contribution is 0.0701. The van der Waals surface area contributed by atoms with Crippen LogP contribution >= 0.6 is 11.6 Å². The molecule has 1 amide bonds. The number of halogens is 1. The molecular weight excluding hydrogens is 314 g/mol. The van der Waals surface area contributed by atoms with E-state index in [1.54, 1.807) is 21.7 Å². The van der Waals surface area contributed by atoms with Gasteiger partial charge in [0.1, 0.15) is 0 Å². The third-order valence-corrected chi connectivity index (χ3v) is 3.93. The number of carbonyl (C=O) groups excluding carboxylic acids is 1. The fourth-order valence-corrected chi connectivity index (χ4v) is 2.70. The van der Waals surface area contributed by atoms with Gasteiger partial charge in [0.15, 0.2) is 5.69 Å². The van der Waals surface area contributed by atoms with Crippen LogP contribution in [0.1, 0.15) is 16.1 Å². The number of amides is 1. The fraction of sp³-hybridized carbons (Fsp3) is 0.176. The average molecular weight is 330 g/mol. The molecule has 0 spiro atoms. The Balaban J connectivity index is 1.92. The summed E-state index contributed by atoms with van der Waals surface area (Å²) in [4.78, 5) is 14.3. The maximum absolute atomic E-state index is 12.8. The van der Waals surface area contributed by atoms with Crippen molar-refractivity contribution >= 4 is 23.0 Å². The van der Waals surface area contributed by atoms with Crippen LogP contribution in [-0.4, -0.2) is 38.7 Å². The van der Waals surface area contributed by atoms with Gasteiger partial charge in [-0.05, 0) is 17.7 Å². The number of benzene rings is 1. The van der Waals surface area contributed by atoms with Crippen molar-refractivity contribution in [2.24, 2.45) is 0 Å². The summed E-state index contributed by atoms with van der Waals surface area (Å²) < 4.78 is 1.58. The number of hydrogen-bond acceptors (Lipinski definition) is 3. The summed E-state index contributed by atoms with van der Waals surface area (Å²) in [7, 11) is 0. The van der Waals surface area contributed by atoms with Crippen molar-refractivity contribution in [1.29, 1.82) is 0 Å². The van der Waals surface area contributed by atoms with Gasteiger partial charge in [0.05, 0.1) is 17.1 Å². The molecule has 0 unspecified atom stereocenters. The zero-order valence-corrected chi connectivity index (χ0v) is 13.1. The summed E-state index contributed by atoms with van der Waals surface area (Å²) in [5, 5.41) is 13.9. The molecule has 0 aliphatic heterocycles. The lowest BCUT2D eigenvalue weighted by Crippen LogP contribution is -2.33. The van der Waals surface area contributed by atoms with Gasteiger partial charge in [-0.15, -0.1) is 0 Å². The lowest BCUT2D eigenvalue weighted by atomic mass is 10.2. The molecule has 3 rings (SSSR count). The molecule has 0 fully saturated rings. The van der Waals surface area contributed by atoms with Crippen LogP contribution in [0.5, 0.6) is 0 Å². The number of hydrogen-bond donors (Lipinski definition) is 1. The van der Waals surface area contributed by atoms with Crippen LogP contribution in [0, 0.1) is 0 Å². The van der Waals surface area contributed by atoms with Crippen molar-refractivity contribution in [3.63, 3.8) is 0 Å². The first-order valence-corrected chi connectivity index (χ1v) is 7.65. The third-order valence-electron chi connectivity index (χ3n) is 3.56. The number of nitrogens with zero attached hydrogens (tertiary/aromatic N) is 3. The van der Waals surface area contributed by atoms with E-state index in [1.807, 2.05) is 42.5 Å². The molecular formula is C17H16ClN3O2. The van der Waals surface area contributed by atoms with E-state index >= 15 is 0 Å². The molecule has 0 radical (unpaired) electrons. The Hall–Kier alpha value is -2.37. The second-order valence-electron chi connectivity index (χ2n) is 5.13. The van der Waals surface area contributed by atoms with Crippen molar-refractivity contribution in [3.8, 4) is 0 Å². The van der Waals surface area contributed by atoms with E-state index < -0.39 is 0 Å². The first-order chi connectivity index (χ1) is 11.2. The highest BCUT2D eigenvalue weighted by Crippen LogP contribution is 2.23. The molecule has 23 heavy (non-hydrogen) atoms. The second kappa shape index (κ2) is 6.81. The number of aliphatic hydroxyl groups excluding tert-OH is 1. The van der Waals surface area contributed by atoms with Gasteiger partial charge in [0.25, 0.3) is 5.91 Å². The maximum Gasteiger partial charge on any atom is 0.276 e. The zero-order chi connectivity index (χ0) is 16.2. The number of fused-ring (bicyclic) bond motifs is 1. The van der Waals surface area contributed by atoms with E-state index in [9.17, 15) is 9.90 Å². The molecule has 0 aliphatic carbocycles. The Morgan fingerprint density at radius 1 is 1.17 bits per heavy atom. The lowest BCUT2D eigenvalue weighted by Gasteiger charge is -2.21. The molecule has 2 heterocycles. The monoisotopic (exact) mass is 329 g/mol. The first-order valence-electron chi connectivity index (χ1n) is 7.27. The van der Waals surface area contributed by atoms with Gasteiger partial charge >= 0.3 is 0 Å². The smallest absolute Gasteiger partial charge is 0.276 e. The van der Waals surface area contributed by atoms with Crippen LogP contribution in [-0.2, 0) is 6.54 Å². The van der Waals surface area contributed by atoms with Gasteiger partial charge in [-0.1, -0.05) is 48.0 Å². The standard InChI is InChI=1S/C17H16ClN3O2/c18-15-14-8-4-5-9-21(14)19-16(15)17(23)20(10-11-22)12-13-6-2-1-3-7-13/h1-9,22H,10-12H2. The average Bonchev–Trinajstić information content (AvgIpc) is 2.92. The predicted octanol–water partition coefficient (Wildman–Crippen LogP) is 2.62. The van der Waals surface area contributed by atoms with Crippen LogP contribution in [0.2, 0.25) is 5.02 Å². The number of aliphatic hydroxyl groups is 1. The minimum atomic E-state index is -0.295. The molecule has 1 N–H and O–H groups in total. The highest BCUT2D eigenvalue weighted by molar-refractivity contribution is 6.36. The quantitative estimate of drug-likeness (QED) is 0.783. The molecule has 6 heteroatoms. The van der Waals surface area contributed by atoms with Crippen molar-refractivity contribution < 1.29 is 9.90 Å². The third kappa shape index (κ3) is 3.21. The normalized spacial score (nSPS) is 10.9. The number of pyridine rings is 1. The molecule has 2 aromatic heterocycles. The Labute approximate surface area is 138 Å². The minimum Gasteiger partial charge on any atom is -0.395 e. The van der Waals surface area contributed by atoms with Crippen LogP contribution < -0.4 is 0 Å². The molecule has 0 atom stereocenters. The van der Waals surface area contributed by atoms with Gasteiger partial charge in [0.2, 0.25) is 0 Å². The topological polar surface area (TPSA) is 57.8 Å². The van der Waals surface area contributed by atoms with E-state index in [1.165, 1.54) is 0 Å². The Morgan fingerprint density at radius 3 is 2.61 bits per heavy atom. The molecule has 0 saturated carbocycles. The number of rotatable bonds is 5. The Bertz CT molecular complexity index is 817. The van der Waals surface area contributed by atoms with Crippen molar-refractivity contribution in [2.45, 2.75) is 6.54 Å². The summed E-state index contributed by atoms with van der Waals surface area (Å²) in [6.07, 6.45) is 1.74. The zero-order valence-electron chi connectivity index (χ0n) is 12.4. The molecule has 1 aromatic carbocycles. The van der Waals surface area contributed by atoms with Crippen LogP contribution in [0.25, 0.3) is 5.52 Å². The number of aromatic nitrogens is 2. The van der Waals surface area contributed by atoms with E-state index in [4.69, 9.17) is 11.6 Å². The van der Waals surface area contributed by atoms with Gasteiger partial charge in [-0.25, -0.2) is 4.52 Å². The van der Waals surface area contributed by atoms with Crippen LogP contribution in [0.3, 0.4) is 0 Å². The van der Waals surface area contributed by atoms with Crippen molar-refractivity contribution in [3.05, 3.63) is 71.0 Å². The van der Waals surface area contributed by atoms with Gasteiger partial charge in [-0.3, -0.25) is 4.79 Å². The second-order valence-corrected chi connectivity index (χ2v) is 5.51. The summed E-state index contributed by atoms with van der Waals surface area (Å²) in [6.45, 7) is 0.492. The minimum absolute atomic E-state index is 0.121. The fourth-order valence-electron chi connectivity index (χ4n) is 2.43. The summed E-state index contributed by atoms with van der Waals surface area (Å²) in [5.74, 6) is -0.295. The molecule has 0 aliphatic rings.